The van der Waals surface area contributed by atoms with Crippen molar-refractivity contribution < 1.29 is 0 Å². The van der Waals surface area contributed by atoms with Crippen LogP contribution in [0.25, 0.3) is 0 Å². The van der Waals surface area contributed by atoms with E-state index in [0.717, 1.165) is 12.2 Å². The summed E-state index contributed by atoms with van der Waals surface area (Å²) in [6.07, 6.45) is 5.52. The van der Waals surface area contributed by atoms with E-state index in [1.54, 1.807) is 6.34 Å². The van der Waals surface area contributed by atoms with Crippen LogP contribution in [0, 0.1) is 0 Å². The third kappa shape index (κ3) is 1.22. The van der Waals surface area contributed by atoms with Gasteiger partial charge in [0, 0.05) is 5.70 Å². The third-order valence-corrected chi connectivity index (χ3v) is 0.871. The number of allylic oxidation sites excluding steroid dienone is 1. The summed E-state index contributed by atoms with van der Waals surface area (Å²) in [6, 6.07) is 0. The van der Waals surface area contributed by atoms with Gasteiger partial charge in [-0.3, -0.25) is 4.99 Å². The molecule has 0 saturated carbocycles. The number of hydrogen-bond acceptors (Lipinski definition) is 2. The monoisotopic (exact) mass is 108 g/mol. The Morgan fingerprint density at radius 3 is 3.50 bits per heavy atom. The second-order valence-corrected chi connectivity index (χ2v) is 1.57. The highest BCUT2D eigenvalue weighted by atomic mass is 14.9. The molecule has 0 aliphatic carbocycles. The van der Waals surface area contributed by atoms with E-state index >= 15 is 0 Å². The number of aliphatic imine (C=N–C) groups is 1. The number of nitrogens with one attached hydrogen (secondary N) is 1. The Morgan fingerprint density at radius 1 is 1.75 bits per heavy atom. The molecule has 2 heteroatoms. The first-order valence-electron chi connectivity index (χ1n) is 2.50. The predicted octanol–water partition coefficient (Wildman–Crippen LogP) is 0.688. The minimum absolute atomic E-state index is 0.756. The van der Waals surface area contributed by atoms with Crippen molar-refractivity contribution >= 4 is 6.34 Å². The lowest BCUT2D eigenvalue weighted by atomic mass is 10.4. The maximum Gasteiger partial charge on any atom is 0.0871 e. The molecule has 1 aliphatic heterocycles. The molecule has 1 rings (SSSR count). The molecule has 0 spiro atoms. The maximum absolute atomic E-state index is 3.94. The summed E-state index contributed by atoms with van der Waals surface area (Å²) < 4.78 is 0. The van der Waals surface area contributed by atoms with Crippen LogP contribution in [0.5, 0.6) is 0 Å². The SMILES string of the molecule is C=C1C=CCN=CN1. The van der Waals surface area contributed by atoms with Crippen molar-refractivity contribution in [1.29, 1.82) is 0 Å². The number of rotatable bonds is 0. The molecular formula is C6H8N2. The first-order valence-corrected chi connectivity index (χ1v) is 2.50. The van der Waals surface area contributed by atoms with Gasteiger partial charge in [-0.05, 0) is 6.08 Å². The highest BCUT2D eigenvalue weighted by Gasteiger charge is 1.83. The first kappa shape index (κ1) is 5.09. The fourth-order valence-electron chi connectivity index (χ4n) is 0.485. The fourth-order valence-corrected chi connectivity index (χ4v) is 0.485. The van der Waals surface area contributed by atoms with E-state index in [9.17, 15) is 0 Å². The molecule has 8 heavy (non-hydrogen) atoms. The minimum atomic E-state index is 0.756. The Balaban J connectivity index is 2.61. The van der Waals surface area contributed by atoms with Gasteiger partial charge in [0.1, 0.15) is 0 Å². The van der Waals surface area contributed by atoms with E-state index in [1.807, 2.05) is 12.2 Å². The van der Waals surface area contributed by atoms with Crippen molar-refractivity contribution in [2.75, 3.05) is 6.54 Å². The largest absolute Gasteiger partial charge is 0.347 e. The molecule has 1 heterocycles. The van der Waals surface area contributed by atoms with Crippen LogP contribution in [0.15, 0.2) is 29.4 Å². The molecule has 1 N–H and O–H groups in total. The van der Waals surface area contributed by atoms with Crippen molar-refractivity contribution in [2.45, 2.75) is 0 Å². The van der Waals surface area contributed by atoms with Crippen LogP contribution in [0.1, 0.15) is 0 Å². The molecule has 0 saturated heterocycles. The second kappa shape index (κ2) is 2.31. The van der Waals surface area contributed by atoms with Crippen molar-refractivity contribution in [3.63, 3.8) is 0 Å². The van der Waals surface area contributed by atoms with E-state index in [2.05, 4.69) is 16.9 Å². The summed E-state index contributed by atoms with van der Waals surface area (Å²) in [6.45, 7) is 4.44. The molecule has 0 atom stereocenters. The van der Waals surface area contributed by atoms with E-state index in [-0.39, 0.29) is 0 Å². The molecule has 0 aromatic rings. The molecule has 1 aliphatic rings. The van der Waals surface area contributed by atoms with Crippen LogP contribution < -0.4 is 5.32 Å². The van der Waals surface area contributed by atoms with Crippen LogP contribution in [0.3, 0.4) is 0 Å². The topological polar surface area (TPSA) is 24.4 Å². The van der Waals surface area contributed by atoms with Gasteiger partial charge >= 0.3 is 0 Å². The minimum Gasteiger partial charge on any atom is -0.347 e. The highest BCUT2D eigenvalue weighted by molar-refractivity contribution is 5.59. The number of nitrogens with zero attached hydrogens (tertiary/aromatic N) is 1. The molecule has 0 unspecified atom stereocenters. The normalized spacial score (nSPS) is 17.8. The molecule has 0 radical (unpaired) electrons. The van der Waals surface area contributed by atoms with Gasteiger partial charge in [0.2, 0.25) is 0 Å². The summed E-state index contributed by atoms with van der Waals surface area (Å²) in [5.74, 6) is 0. The van der Waals surface area contributed by atoms with Crippen LogP contribution in [-0.2, 0) is 0 Å². The van der Waals surface area contributed by atoms with Crippen molar-refractivity contribution in [1.82, 2.24) is 5.32 Å². The van der Waals surface area contributed by atoms with Crippen LogP contribution in [0.4, 0.5) is 0 Å². The zero-order valence-electron chi connectivity index (χ0n) is 4.59. The second-order valence-electron chi connectivity index (χ2n) is 1.57. The van der Waals surface area contributed by atoms with Gasteiger partial charge in [-0.1, -0.05) is 12.7 Å². The summed E-state index contributed by atoms with van der Waals surface area (Å²) in [7, 11) is 0. The molecule has 2 nitrogen and oxygen atoms in total. The molecule has 0 fully saturated rings. The van der Waals surface area contributed by atoms with Gasteiger partial charge in [-0.15, -0.1) is 0 Å². The summed E-state index contributed by atoms with van der Waals surface area (Å²) in [5.41, 5.74) is 0.895. The Labute approximate surface area is 48.6 Å². The van der Waals surface area contributed by atoms with Gasteiger partial charge in [-0.2, -0.15) is 0 Å². The maximum atomic E-state index is 3.94. The van der Waals surface area contributed by atoms with Crippen molar-refractivity contribution in [3.05, 3.63) is 24.4 Å². The lowest BCUT2D eigenvalue weighted by molar-refractivity contribution is 1.21. The zero-order chi connectivity index (χ0) is 5.82. The lowest BCUT2D eigenvalue weighted by Crippen LogP contribution is -2.05. The van der Waals surface area contributed by atoms with Gasteiger partial charge in [0.25, 0.3) is 0 Å². The first-order chi connectivity index (χ1) is 3.89. The van der Waals surface area contributed by atoms with Gasteiger partial charge < -0.3 is 5.32 Å². The Hall–Kier alpha value is -1.05. The molecule has 0 bridgehead atoms. The molecule has 0 aromatic heterocycles. The van der Waals surface area contributed by atoms with E-state index in [4.69, 9.17) is 0 Å². The standard InChI is InChI=1S/C6H8N2/c1-6-3-2-4-7-5-8-6/h2-3,5H,1,4H2,(H,7,8). The van der Waals surface area contributed by atoms with E-state index in [0.29, 0.717) is 0 Å². The van der Waals surface area contributed by atoms with Crippen LogP contribution >= 0.6 is 0 Å². The van der Waals surface area contributed by atoms with Crippen LogP contribution in [-0.4, -0.2) is 12.9 Å². The van der Waals surface area contributed by atoms with Gasteiger partial charge in [0.05, 0.1) is 12.9 Å². The van der Waals surface area contributed by atoms with Gasteiger partial charge in [0.15, 0.2) is 0 Å². The van der Waals surface area contributed by atoms with Crippen molar-refractivity contribution in [3.8, 4) is 0 Å². The molecular weight excluding hydrogens is 100 g/mol. The lowest BCUT2D eigenvalue weighted by Gasteiger charge is -1.90. The molecule has 0 aromatic carbocycles. The summed E-state index contributed by atoms with van der Waals surface area (Å²) >= 11 is 0. The molecule has 42 valence electrons. The van der Waals surface area contributed by atoms with E-state index < -0.39 is 0 Å². The average Bonchev–Trinajstić information content (AvgIpc) is 1.94. The number of hydrogen-bond donors (Lipinski definition) is 1. The Morgan fingerprint density at radius 2 is 2.62 bits per heavy atom. The summed E-state index contributed by atoms with van der Waals surface area (Å²) in [5, 5.41) is 2.87. The quantitative estimate of drug-likeness (QED) is 0.485. The van der Waals surface area contributed by atoms with Crippen LogP contribution in [0.2, 0.25) is 0 Å². The molecule has 0 amide bonds. The van der Waals surface area contributed by atoms with E-state index in [1.165, 1.54) is 0 Å². The highest BCUT2D eigenvalue weighted by Crippen LogP contribution is 1.88. The smallest absolute Gasteiger partial charge is 0.0871 e. The average molecular weight is 108 g/mol. The fraction of sp³-hybridized carbons (Fsp3) is 0.167. The predicted molar refractivity (Wildman–Crippen MR) is 34.8 cm³/mol. The Bertz CT molecular complexity index is 145. The van der Waals surface area contributed by atoms with Gasteiger partial charge in [-0.25, -0.2) is 0 Å². The van der Waals surface area contributed by atoms with Crippen molar-refractivity contribution in [2.24, 2.45) is 4.99 Å². The Kier molecular flexibility index (Phi) is 1.47. The third-order valence-electron chi connectivity index (χ3n) is 0.871. The zero-order valence-corrected chi connectivity index (χ0v) is 4.59. The summed E-state index contributed by atoms with van der Waals surface area (Å²) in [4.78, 5) is 3.94.